The molecule has 2 heterocycles. The van der Waals surface area contributed by atoms with Gasteiger partial charge in [-0.15, -0.1) is 24.0 Å². The summed E-state index contributed by atoms with van der Waals surface area (Å²) in [6, 6.07) is 4.05. The van der Waals surface area contributed by atoms with Crippen LogP contribution in [-0.4, -0.2) is 69.9 Å². The number of aliphatic imine (C=N–C) groups is 1. The van der Waals surface area contributed by atoms with E-state index in [2.05, 4.69) is 20.1 Å². The zero-order valence-corrected chi connectivity index (χ0v) is 18.4. The van der Waals surface area contributed by atoms with Gasteiger partial charge in [-0.1, -0.05) is 0 Å². The molecular weight excluding hydrogens is 479 g/mol. The monoisotopic (exact) mass is 509 g/mol. The molecule has 3 N–H and O–H groups in total. The third-order valence-electron chi connectivity index (χ3n) is 5.13. The maximum absolute atomic E-state index is 13.4. The van der Waals surface area contributed by atoms with Gasteiger partial charge in [0.25, 0.3) is 0 Å². The van der Waals surface area contributed by atoms with Crippen LogP contribution in [-0.2, 0) is 4.74 Å². The normalized spacial score (nSPS) is 20.9. The summed E-state index contributed by atoms with van der Waals surface area (Å²) in [5.74, 6) is -0.777. The molecule has 158 valence electrons. The maximum Gasteiger partial charge on any atom is 0.188 e. The van der Waals surface area contributed by atoms with E-state index >= 15 is 0 Å². The number of hydrogen-bond donors (Lipinski definition) is 2. The Labute approximate surface area is 182 Å². The molecule has 1 aromatic rings. The zero-order chi connectivity index (χ0) is 19.1. The second-order valence-electron chi connectivity index (χ2n) is 7.16. The van der Waals surface area contributed by atoms with Crippen LogP contribution in [0, 0.1) is 17.6 Å². The van der Waals surface area contributed by atoms with Crippen molar-refractivity contribution in [3.63, 3.8) is 0 Å². The van der Waals surface area contributed by atoms with Crippen molar-refractivity contribution in [3.05, 3.63) is 29.8 Å². The van der Waals surface area contributed by atoms with Crippen LogP contribution in [0.2, 0.25) is 0 Å². The summed E-state index contributed by atoms with van der Waals surface area (Å²) in [6.07, 6.45) is 1.98. The number of guanidine groups is 1. The largest absolute Gasteiger partial charge is 0.379 e. The smallest absolute Gasteiger partial charge is 0.188 e. The number of anilines is 1. The van der Waals surface area contributed by atoms with Crippen LogP contribution in [0.3, 0.4) is 0 Å². The summed E-state index contributed by atoms with van der Waals surface area (Å²) in [4.78, 5) is 8.90. The molecule has 28 heavy (non-hydrogen) atoms. The SMILES string of the molecule is I.NC(=NCC1CCN(c2ccc(F)c(F)c2)C1)NCCCN1CCOCC1. The topological polar surface area (TPSA) is 66.1 Å². The predicted octanol–water partition coefficient (Wildman–Crippen LogP) is 2.04. The van der Waals surface area contributed by atoms with E-state index in [1.807, 2.05) is 0 Å². The lowest BCUT2D eigenvalue weighted by molar-refractivity contribution is 0.0376. The minimum Gasteiger partial charge on any atom is -0.379 e. The van der Waals surface area contributed by atoms with Crippen LogP contribution in [0.25, 0.3) is 0 Å². The lowest BCUT2D eigenvalue weighted by Crippen LogP contribution is -2.39. The van der Waals surface area contributed by atoms with Gasteiger partial charge in [0.15, 0.2) is 17.6 Å². The Morgan fingerprint density at radius 3 is 2.75 bits per heavy atom. The molecule has 3 rings (SSSR count). The van der Waals surface area contributed by atoms with E-state index in [0.717, 1.165) is 71.0 Å². The van der Waals surface area contributed by atoms with E-state index in [0.29, 0.717) is 18.4 Å². The minimum absolute atomic E-state index is 0. The Kier molecular flexibility index (Phi) is 9.66. The first-order valence-electron chi connectivity index (χ1n) is 9.65. The maximum atomic E-state index is 13.4. The van der Waals surface area contributed by atoms with Crippen molar-refractivity contribution in [2.24, 2.45) is 16.6 Å². The highest BCUT2D eigenvalue weighted by Crippen LogP contribution is 2.25. The summed E-state index contributed by atoms with van der Waals surface area (Å²) in [6.45, 7) is 7.71. The molecule has 1 unspecified atom stereocenters. The number of halogens is 3. The molecule has 2 aliphatic rings. The average molecular weight is 509 g/mol. The fourth-order valence-electron chi connectivity index (χ4n) is 3.53. The first kappa shape index (κ1) is 23.1. The molecule has 0 saturated carbocycles. The fraction of sp³-hybridized carbons (Fsp3) is 0.632. The summed E-state index contributed by atoms with van der Waals surface area (Å²) in [7, 11) is 0. The van der Waals surface area contributed by atoms with Gasteiger partial charge in [0.2, 0.25) is 0 Å². The summed E-state index contributed by atoms with van der Waals surface area (Å²) >= 11 is 0. The Morgan fingerprint density at radius 2 is 2.00 bits per heavy atom. The highest BCUT2D eigenvalue weighted by molar-refractivity contribution is 14.0. The molecule has 2 fully saturated rings. The number of hydrogen-bond acceptors (Lipinski definition) is 4. The molecule has 2 saturated heterocycles. The Bertz CT molecular complexity index is 643. The van der Waals surface area contributed by atoms with E-state index in [1.54, 1.807) is 6.07 Å². The third kappa shape index (κ3) is 7.00. The Morgan fingerprint density at radius 1 is 1.21 bits per heavy atom. The Hall–Kier alpha value is -1.20. The van der Waals surface area contributed by atoms with Gasteiger partial charge in [0.05, 0.1) is 13.2 Å². The van der Waals surface area contributed by atoms with E-state index in [-0.39, 0.29) is 24.0 Å². The van der Waals surface area contributed by atoms with Gasteiger partial charge in [-0.25, -0.2) is 8.78 Å². The minimum atomic E-state index is -0.813. The van der Waals surface area contributed by atoms with Gasteiger partial charge in [-0.3, -0.25) is 9.89 Å². The lowest BCUT2D eigenvalue weighted by atomic mass is 10.1. The quantitative estimate of drug-likeness (QED) is 0.255. The van der Waals surface area contributed by atoms with Gasteiger partial charge >= 0.3 is 0 Å². The van der Waals surface area contributed by atoms with Gasteiger partial charge in [-0.2, -0.15) is 0 Å². The highest BCUT2D eigenvalue weighted by Gasteiger charge is 2.23. The van der Waals surface area contributed by atoms with Crippen LogP contribution in [0.1, 0.15) is 12.8 Å². The van der Waals surface area contributed by atoms with Gasteiger partial charge < -0.3 is 20.7 Å². The van der Waals surface area contributed by atoms with E-state index < -0.39 is 11.6 Å². The predicted molar refractivity (Wildman–Crippen MR) is 118 cm³/mol. The number of ether oxygens (including phenoxy) is 1. The average Bonchev–Trinajstić information content (AvgIpc) is 3.16. The van der Waals surface area contributed by atoms with Crippen molar-refractivity contribution in [2.75, 3.05) is 63.9 Å². The molecule has 2 aliphatic heterocycles. The standard InChI is InChI=1S/C19H29F2N5O.HI/c20-17-3-2-16(12-18(17)21)26-7-4-15(14-26)13-24-19(22)23-5-1-6-25-8-10-27-11-9-25;/h2-3,12,15H,1,4-11,13-14H2,(H3,22,23,24);1H. The van der Waals surface area contributed by atoms with E-state index in [9.17, 15) is 8.78 Å². The molecule has 0 bridgehead atoms. The number of nitrogens with two attached hydrogens (primary N) is 1. The van der Waals surface area contributed by atoms with Gasteiger partial charge in [-0.05, 0) is 37.4 Å². The van der Waals surface area contributed by atoms with Crippen molar-refractivity contribution in [2.45, 2.75) is 12.8 Å². The second kappa shape index (κ2) is 11.7. The fourth-order valence-corrected chi connectivity index (χ4v) is 3.53. The van der Waals surface area contributed by atoms with Gasteiger partial charge in [0.1, 0.15) is 0 Å². The molecular formula is C19H30F2IN5O. The molecule has 1 aromatic carbocycles. The summed E-state index contributed by atoms with van der Waals surface area (Å²) in [5, 5.41) is 3.17. The summed E-state index contributed by atoms with van der Waals surface area (Å²) in [5.41, 5.74) is 6.67. The number of nitrogens with zero attached hydrogens (tertiary/aromatic N) is 3. The van der Waals surface area contributed by atoms with Crippen molar-refractivity contribution in [1.82, 2.24) is 10.2 Å². The number of rotatable bonds is 7. The molecule has 0 amide bonds. The molecule has 6 nitrogen and oxygen atoms in total. The summed E-state index contributed by atoms with van der Waals surface area (Å²) < 4.78 is 31.8. The van der Waals surface area contributed by atoms with Crippen molar-refractivity contribution in [1.29, 1.82) is 0 Å². The molecule has 0 aromatic heterocycles. The van der Waals surface area contributed by atoms with Gasteiger partial charge in [0, 0.05) is 51.0 Å². The molecule has 0 spiro atoms. The lowest BCUT2D eigenvalue weighted by Gasteiger charge is -2.26. The first-order chi connectivity index (χ1) is 13.1. The second-order valence-corrected chi connectivity index (χ2v) is 7.16. The van der Waals surface area contributed by atoms with Crippen molar-refractivity contribution >= 4 is 35.6 Å². The highest BCUT2D eigenvalue weighted by atomic mass is 127. The third-order valence-corrected chi connectivity index (χ3v) is 5.13. The van der Waals surface area contributed by atoms with Crippen LogP contribution < -0.4 is 16.0 Å². The molecule has 1 atom stereocenters. The first-order valence-corrected chi connectivity index (χ1v) is 9.65. The van der Waals surface area contributed by atoms with Crippen molar-refractivity contribution in [3.8, 4) is 0 Å². The van der Waals surface area contributed by atoms with E-state index in [1.165, 1.54) is 12.1 Å². The van der Waals surface area contributed by atoms with E-state index in [4.69, 9.17) is 10.5 Å². The zero-order valence-electron chi connectivity index (χ0n) is 16.1. The van der Waals surface area contributed by atoms with Crippen LogP contribution in [0.15, 0.2) is 23.2 Å². The number of morpholine rings is 1. The number of benzene rings is 1. The van der Waals surface area contributed by atoms with Crippen LogP contribution in [0.5, 0.6) is 0 Å². The molecule has 9 heteroatoms. The van der Waals surface area contributed by atoms with Crippen LogP contribution in [0.4, 0.5) is 14.5 Å². The van der Waals surface area contributed by atoms with Crippen LogP contribution >= 0.6 is 24.0 Å². The van der Waals surface area contributed by atoms with Crippen molar-refractivity contribution < 1.29 is 13.5 Å². The number of nitrogens with one attached hydrogen (secondary N) is 1. The Balaban J connectivity index is 0.00000280. The molecule has 0 radical (unpaired) electrons. The molecule has 0 aliphatic carbocycles.